The Hall–Kier alpha value is -3.09. The van der Waals surface area contributed by atoms with Gasteiger partial charge >= 0.3 is 5.97 Å². The van der Waals surface area contributed by atoms with Gasteiger partial charge in [0.15, 0.2) is 5.76 Å². The number of benzene rings is 1. The molecular formula is C20H22N2O5. The summed E-state index contributed by atoms with van der Waals surface area (Å²) in [6.45, 7) is 0.653. The van der Waals surface area contributed by atoms with Crippen LogP contribution in [0.25, 0.3) is 0 Å². The minimum Gasteiger partial charge on any atom is -0.481 e. The van der Waals surface area contributed by atoms with Crippen molar-refractivity contribution in [3.05, 3.63) is 60.1 Å². The van der Waals surface area contributed by atoms with Crippen LogP contribution in [0.3, 0.4) is 0 Å². The molecule has 1 fully saturated rings. The summed E-state index contributed by atoms with van der Waals surface area (Å²) in [5.74, 6) is -2.08. The zero-order chi connectivity index (χ0) is 19.2. The Morgan fingerprint density at radius 2 is 1.96 bits per heavy atom. The minimum absolute atomic E-state index is 0.128. The van der Waals surface area contributed by atoms with Gasteiger partial charge in [-0.1, -0.05) is 30.3 Å². The lowest BCUT2D eigenvalue weighted by Crippen LogP contribution is -2.52. The molecule has 142 valence electrons. The Labute approximate surface area is 157 Å². The molecule has 27 heavy (non-hydrogen) atoms. The lowest BCUT2D eigenvalue weighted by molar-refractivity contribution is -0.146. The molecule has 0 radical (unpaired) electrons. The number of carboxylic acid groups (broad SMARTS) is 1. The number of hydrogen-bond acceptors (Lipinski definition) is 4. The van der Waals surface area contributed by atoms with E-state index in [4.69, 9.17) is 4.42 Å². The van der Waals surface area contributed by atoms with Crippen molar-refractivity contribution in [1.82, 2.24) is 10.2 Å². The van der Waals surface area contributed by atoms with Gasteiger partial charge in [0.2, 0.25) is 5.91 Å². The van der Waals surface area contributed by atoms with Gasteiger partial charge in [-0.25, -0.2) is 0 Å². The van der Waals surface area contributed by atoms with Crippen LogP contribution in [0.4, 0.5) is 0 Å². The molecule has 2 aromatic rings. The average Bonchev–Trinajstić information content (AvgIpc) is 3.23. The highest BCUT2D eigenvalue weighted by Gasteiger charge is 2.33. The van der Waals surface area contributed by atoms with Crippen molar-refractivity contribution in [2.45, 2.75) is 25.3 Å². The quantitative estimate of drug-likeness (QED) is 0.809. The molecular weight excluding hydrogens is 348 g/mol. The number of carboxylic acids is 1. The number of nitrogens with one attached hydrogen (secondary N) is 1. The van der Waals surface area contributed by atoms with Crippen LogP contribution in [-0.4, -0.2) is 46.9 Å². The summed E-state index contributed by atoms with van der Waals surface area (Å²) in [5, 5.41) is 12.0. The van der Waals surface area contributed by atoms with Crippen LogP contribution in [0.5, 0.6) is 0 Å². The third-order valence-electron chi connectivity index (χ3n) is 4.71. The van der Waals surface area contributed by atoms with Crippen LogP contribution in [0, 0.1) is 5.92 Å². The van der Waals surface area contributed by atoms with Gasteiger partial charge in [0.25, 0.3) is 5.91 Å². The number of hydrogen-bond donors (Lipinski definition) is 2. The van der Waals surface area contributed by atoms with Crippen LogP contribution in [0.2, 0.25) is 0 Å². The van der Waals surface area contributed by atoms with Crippen molar-refractivity contribution >= 4 is 17.8 Å². The number of furan rings is 1. The molecule has 7 nitrogen and oxygen atoms in total. The minimum atomic E-state index is -0.897. The van der Waals surface area contributed by atoms with Crippen LogP contribution in [0.15, 0.2) is 53.1 Å². The molecule has 0 aliphatic carbocycles. The molecule has 1 aliphatic rings. The molecule has 2 atom stereocenters. The Bertz CT molecular complexity index is 788. The molecule has 2 unspecified atom stereocenters. The normalized spacial score (nSPS) is 17.9. The van der Waals surface area contributed by atoms with Gasteiger partial charge < -0.3 is 19.7 Å². The maximum absolute atomic E-state index is 13.1. The monoisotopic (exact) mass is 370 g/mol. The van der Waals surface area contributed by atoms with E-state index in [2.05, 4.69) is 5.32 Å². The first-order chi connectivity index (χ1) is 13.0. The second-order valence-electron chi connectivity index (χ2n) is 6.65. The molecule has 1 aliphatic heterocycles. The zero-order valence-electron chi connectivity index (χ0n) is 14.8. The Balaban J connectivity index is 1.76. The van der Waals surface area contributed by atoms with Crippen LogP contribution in [0.1, 0.15) is 29.0 Å². The van der Waals surface area contributed by atoms with E-state index >= 15 is 0 Å². The van der Waals surface area contributed by atoms with Gasteiger partial charge in [-0.15, -0.1) is 0 Å². The number of carbonyl (C=O) groups is 3. The van der Waals surface area contributed by atoms with Crippen LogP contribution < -0.4 is 5.32 Å². The Morgan fingerprint density at radius 3 is 2.63 bits per heavy atom. The molecule has 0 bridgehead atoms. The standard InChI is InChI=1S/C20H22N2O5/c23-18(17-9-5-11-27-17)21-16(12-14-6-2-1-3-7-14)19(24)22-10-4-8-15(13-22)20(25)26/h1-3,5-7,9,11,15-16H,4,8,10,12-13H2,(H,21,23)(H,25,26). The van der Waals surface area contributed by atoms with E-state index < -0.39 is 23.8 Å². The number of aliphatic carboxylic acids is 1. The topological polar surface area (TPSA) is 99.9 Å². The number of likely N-dealkylation sites (tertiary alicyclic amines) is 1. The van der Waals surface area contributed by atoms with E-state index in [1.807, 2.05) is 30.3 Å². The van der Waals surface area contributed by atoms with E-state index in [1.54, 1.807) is 6.07 Å². The SMILES string of the molecule is O=C(NC(Cc1ccccc1)C(=O)N1CCCC(C(=O)O)C1)c1ccco1. The molecule has 0 saturated carbocycles. The van der Waals surface area contributed by atoms with E-state index in [1.165, 1.54) is 17.2 Å². The number of carbonyl (C=O) groups excluding carboxylic acids is 2. The van der Waals surface area contributed by atoms with Crippen molar-refractivity contribution < 1.29 is 23.9 Å². The molecule has 7 heteroatoms. The van der Waals surface area contributed by atoms with Gasteiger partial charge in [0.05, 0.1) is 12.2 Å². The predicted molar refractivity (Wildman–Crippen MR) is 97.0 cm³/mol. The van der Waals surface area contributed by atoms with E-state index in [0.29, 0.717) is 25.8 Å². The maximum Gasteiger partial charge on any atom is 0.308 e. The Morgan fingerprint density at radius 1 is 1.19 bits per heavy atom. The number of piperidine rings is 1. The summed E-state index contributed by atoms with van der Waals surface area (Å²) in [7, 11) is 0. The second-order valence-corrected chi connectivity index (χ2v) is 6.65. The fourth-order valence-electron chi connectivity index (χ4n) is 3.29. The highest BCUT2D eigenvalue weighted by Crippen LogP contribution is 2.18. The van der Waals surface area contributed by atoms with Crippen molar-refractivity contribution in [2.24, 2.45) is 5.92 Å². The lowest BCUT2D eigenvalue weighted by atomic mass is 9.96. The molecule has 3 rings (SSSR count). The van der Waals surface area contributed by atoms with Crippen LogP contribution >= 0.6 is 0 Å². The number of rotatable bonds is 6. The van der Waals surface area contributed by atoms with Crippen LogP contribution in [-0.2, 0) is 16.0 Å². The molecule has 1 aromatic heterocycles. The second kappa shape index (κ2) is 8.53. The fraction of sp³-hybridized carbons (Fsp3) is 0.350. The Kier molecular flexibility index (Phi) is 5.90. The van der Waals surface area contributed by atoms with Crippen molar-refractivity contribution in [3.63, 3.8) is 0 Å². The van der Waals surface area contributed by atoms with Crippen molar-refractivity contribution in [1.29, 1.82) is 0 Å². The van der Waals surface area contributed by atoms with E-state index in [0.717, 1.165) is 5.56 Å². The summed E-state index contributed by atoms with van der Waals surface area (Å²) in [5.41, 5.74) is 0.905. The number of amides is 2. The fourth-order valence-corrected chi connectivity index (χ4v) is 3.29. The summed E-state index contributed by atoms with van der Waals surface area (Å²) >= 11 is 0. The predicted octanol–water partition coefficient (Wildman–Crippen LogP) is 1.94. The van der Waals surface area contributed by atoms with Crippen molar-refractivity contribution in [3.8, 4) is 0 Å². The summed E-state index contributed by atoms with van der Waals surface area (Å²) in [6, 6.07) is 11.7. The summed E-state index contributed by atoms with van der Waals surface area (Å²) in [6.07, 6.45) is 2.90. The smallest absolute Gasteiger partial charge is 0.308 e. The third kappa shape index (κ3) is 4.75. The van der Waals surface area contributed by atoms with Gasteiger partial charge in [-0.3, -0.25) is 14.4 Å². The molecule has 1 aromatic carbocycles. The average molecular weight is 370 g/mol. The molecule has 2 N–H and O–H groups in total. The highest BCUT2D eigenvalue weighted by atomic mass is 16.4. The first-order valence-electron chi connectivity index (χ1n) is 8.94. The summed E-state index contributed by atoms with van der Waals surface area (Å²) in [4.78, 5) is 38.3. The maximum atomic E-state index is 13.1. The van der Waals surface area contributed by atoms with Gasteiger partial charge in [-0.05, 0) is 30.5 Å². The number of nitrogens with zero attached hydrogens (tertiary/aromatic N) is 1. The van der Waals surface area contributed by atoms with E-state index in [9.17, 15) is 19.5 Å². The molecule has 2 heterocycles. The molecule has 0 spiro atoms. The van der Waals surface area contributed by atoms with Gasteiger partial charge in [-0.2, -0.15) is 0 Å². The first-order valence-corrected chi connectivity index (χ1v) is 8.94. The van der Waals surface area contributed by atoms with Crippen molar-refractivity contribution in [2.75, 3.05) is 13.1 Å². The first kappa shape index (κ1) is 18.7. The van der Waals surface area contributed by atoms with E-state index in [-0.39, 0.29) is 18.2 Å². The summed E-state index contributed by atoms with van der Waals surface area (Å²) < 4.78 is 5.11. The molecule has 2 amide bonds. The largest absolute Gasteiger partial charge is 0.481 e. The highest BCUT2D eigenvalue weighted by molar-refractivity contribution is 5.95. The van der Waals surface area contributed by atoms with Gasteiger partial charge in [0.1, 0.15) is 6.04 Å². The molecule has 1 saturated heterocycles. The zero-order valence-corrected chi connectivity index (χ0v) is 14.8. The van der Waals surface area contributed by atoms with Gasteiger partial charge in [0, 0.05) is 19.5 Å². The lowest BCUT2D eigenvalue weighted by Gasteiger charge is -2.33. The third-order valence-corrected chi connectivity index (χ3v) is 4.71.